The second kappa shape index (κ2) is 8.20. The van der Waals surface area contributed by atoms with Gasteiger partial charge < -0.3 is 49.6 Å². The summed E-state index contributed by atoms with van der Waals surface area (Å²) in [6.07, 6.45) is -14.3. The minimum atomic E-state index is -1.71. The van der Waals surface area contributed by atoms with Crippen molar-refractivity contribution in [1.29, 1.82) is 0 Å². The second-order valence-electron chi connectivity index (χ2n) is 6.09. The summed E-state index contributed by atoms with van der Waals surface area (Å²) in [5.74, 6) is -0.787. The van der Waals surface area contributed by atoms with Crippen LogP contribution in [-0.2, 0) is 23.7 Å². The molecule has 0 saturated carbocycles. The van der Waals surface area contributed by atoms with Crippen molar-refractivity contribution in [3.05, 3.63) is 0 Å². The molecule has 11 nitrogen and oxygen atoms in total. The maximum Gasteiger partial charge on any atom is 0.303 e. The number of carbonyl (C=O) groups is 1. The van der Waals surface area contributed by atoms with Gasteiger partial charge in [-0.2, -0.15) is 0 Å². The number of esters is 1. The molecule has 6 N–H and O–H groups in total. The third-order valence-electron chi connectivity index (χ3n) is 4.22. The van der Waals surface area contributed by atoms with Crippen LogP contribution in [0.5, 0.6) is 0 Å². The van der Waals surface area contributed by atoms with E-state index in [4.69, 9.17) is 18.9 Å². The summed E-state index contributed by atoms with van der Waals surface area (Å²) >= 11 is 0. The van der Waals surface area contributed by atoms with Crippen LogP contribution in [0.2, 0.25) is 0 Å². The van der Waals surface area contributed by atoms with Crippen molar-refractivity contribution in [3.63, 3.8) is 0 Å². The van der Waals surface area contributed by atoms with Gasteiger partial charge in [0.15, 0.2) is 18.7 Å². The Kier molecular flexibility index (Phi) is 6.70. The quantitative estimate of drug-likeness (QED) is 0.268. The predicted octanol–water partition coefficient (Wildman–Crippen LogP) is -3.80. The Morgan fingerprint density at radius 1 is 0.960 bits per heavy atom. The van der Waals surface area contributed by atoms with Crippen LogP contribution in [-0.4, -0.2) is 105 Å². The lowest BCUT2D eigenvalue weighted by Crippen LogP contribution is -2.64. The number of ether oxygens (including phenoxy) is 4. The zero-order valence-corrected chi connectivity index (χ0v) is 13.7. The number of rotatable bonds is 4. The lowest BCUT2D eigenvalue weighted by Gasteiger charge is -2.45. The zero-order chi connectivity index (χ0) is 18.9. The molecule has 25 heavy (non-hydrogen) atoms. The van der Waals surface area contributed by atoms with Crippen molar-refractivity contribution >= 4 is 5.97 Å². The smallest absolute Gasteiger partial charge is 0.303 e. The minimum absolute atomic E-state index is 0.656. The van der Waals surface area contributed by atoms with Crippen LogP contribution in [0.1, 0.15) is 13.8 Å². The fourth-order valence-electron chi connectivity index (χ4n) is 2.81. The van der Waals surface area contributed by atoms with E-state index in [0.29, 0.717) is 0 Å². The average molecular weight is 368 g/mol. The van der Waals surface area contributed by atoms with Gasteiger partial charge >= 0.3 is 5.97 Å². The molecule has 2 saturated heterocycles. The van der Waals surface area contributed by atoms with Crippen molar-refractivity contribution < 1.29 is 54.4 Å². The topological polar surface area (TPSA) is 175 Å². The molecule has 2 rings (SSSR count). The summed E-state index contributed by atoms with van der Waals surface area (Å²) in [5.41, 5.74) is 0. The first kappa shape index (κ1) is 20.4. The largest absolute Gasteiger partial charge is 0.454 e. The molecule has 2 heterocycles. The van der Waals surface area contributed by atoms with E-state index < -0.39 is 74.0 Å². The molecule has 2 aliphatic rings. The van der Waals surface area contributed by atoms with Gasteiger partial charge in [-0.3, -0.25) is 4.79 Å². The molecule has 2 fully saturated rings. The summed E-state index contributed by atoms with van der Waals surface area (Å²) in [6.45, 7) is 1.85. The normalized spacial score (nSPS) is 48.2. The van der Waals surface area contributed by atoms with E-state index in [1.165, 1.54) is 6.92 Å². The number of hydrogen-bond acceptors (Lipinski definition) is 11. The number of carbonyl (C=O) groups excluding carboxylic acids is 1. The lowest BCUT2D eigenvalue weighted by molar-refractivity contribution is -0.353. The van der Waals surface area contributed by atoms with Crippen molar-refractivity contribution in [2.45, 2.75) is 75.3 Å². The van der Waals surface area contributed by atoms with Gasteiger partial charge in [0.25, 0.3) is 0 Å². The molecule has 0 radical (unpaired) electrons. The van der Waals surface area contributed by atoms with Gasteiger partial charge in [0.05, 0.1) is 12.7 Å². The lowest BCUT2D eigenvalue weighted by atomic mass is 9.97. The Hall–Kier alpha value is -0.890. The maximum atomic E-state index is 11.2. The average Bonchev–Trinajstić information content (AvgIpc) is 2.56. The SMILES string of the molecule is CC(=O)O[C@H]1[C@H](O[C@H]2O[C@@H](C)[C@H](O)[C@@H](O)[C@@H]2O)[C@@H](O)[C@H](CO)O[C@@H]1O. The van der Waals surface area contributed by atoms with Crippen molar-refractivity contribution in [2.75, 3.05) is 6.61 Å². The Morgan fingerprint density at radius 2 is 1.60 bits per heavy atom. The van der Waals surface area contributed by atoms with Crippen LogP contribution in [0.15, 0.2) is 0 Å². The van der Waals surface area contributed by atoms with Gasteiger partial charge in [-0.05, 0) is 6.92 Å². The Bertz CT molecular complexity index is 460. The van der Waals surface area contributed by atoms with Crippen molar-refractivity contribution in [3.8, 4) is 0 Å². The molecule has 11 heteroatoms. The first-order valence-corrected chi connectivity index (χ1v) is 7.82. The summed E-state index contributed by atoms with van der Waals surface area (Å²) < 4.78 is 20.6. The minimum Gasteiger partial charge on any atom is -0.454 e. The highest BCUT2D eigenvalue weighted by atomic mass is 16.7. The number of aliphatic hydroxyl groups is 6. The van der Waals surface area contributed by atoms with Gasteiger partial charge in [-0.1, -0.05) is 0 Å². The molecule has 0 amide bonds. The van der Waals surface area contributed by atoms with E-state index in [1.54, 1.807) is 0 Å². The van der Waals surface area contributed by atoms with Crippen LogP contribution in [0, 0.1) is 0 Å². The van der Waals surface area contributed by atoms with Crippen LogP contribution in [0.3, 0.4) is 0 Å². The molecule has 0 bridgehead atoms. The molecular weight excluding hydrogens is 344 g/mol. The molecule has 0 aromatic carbocycles. The van der Waals surface area contributed by atoms with Gasteiger partial charge in [-0.15, -0.1) is 0 Å². The summed E-state index contributed by atoms with van der Waals surface area (Å²) in [6, 6.07) is 0. The van der Waals surface area contributed by atoms with Gasteiger partial charge in [0.2, 0.25) is 0 Å². The molecule has 0 aliphatic carbocycles. The molecule has 2 aliphatic heterocycles. The first-order chi connectivity index (χ1) is 11.7. The van der Waals surface area contributed by atoms with E-state index >= 15 is 0 Å². The molecule has 0 unspecified atom stereocenters. The van der Waals surface area contributed by atoms with Crippen LogP contribution >= 0.6 is 0 Å². The molecular formula is C14H24O11. The second-order valence-corrected chi connectivity index (χ2v) is 6.09. The number of hydrogen-bond donors (Lipinski definition) is 6. The third kappa shape index (κ3) is 4.27. The van der Waals surface area contributed by atoms with Gasteiger partial charge in [-0.25, -0.2) is 0 Å². The predicted molar refractivity (Wildman–Crippen MR) is 76.8 cm³/mol. The Morgan fingerprint density at radius 3 is 2.16 bits per heavy atom. The highest BCUT2D eigenvalue weighted by molar-refractivity contribution is 5.66. The molecule has 0 aromatic heterocycles. The molecule has 10 atom stereocenters. The fourth-order valence-corrected chi connectivity index (χ4v) is 2.81. The molecule has 0 spiro atoms. The van der Waals surface area contributed by atoms with Crippen molar-refractivity contribution in [2.24, 2.45) is 0 Å². The first-order valence-electron chi connectivity index (χ1n) is 7.82. The monoisotopic (exact) mass is 368 g/mol. The van der Waals surface area contributed by atoms with E-state index in [9.17, 15) is 35.4 Å². The van der Waals surface area contributed by atoms with Crippen LogP contribution in [0.4, 0.5) is 0 Å². The summed E-state index contributed by atoms with van der Waals surface area (Å²) in [7, 11) is 0. The standard InChI is InChI=1S/C14H24O11/c1-4-7(17)9(19)10(20)14(22-4)25-11-8(18)6(3-15)24-13(21)12(11)23-5(2)16/h4,6-15,17-21H,3H2,1-2H3/t4-,6-,7-,8-,9+,10-,11+,12-,13-,14+/m0/s1. The molecule has 146 valence electrons. The van der Waals surface area contributed by atoms with Gasteiger partial charge in [0, 0.05) is 6.92 Å². The summed E-state index contributed by atoms with van der Waals surface area (Å²) in [5, 5.41) is 59.0. The zero-order valence-electron chi connectivity index (χ0n) is 13.7. The van der Waals surface area contributed by atoms with Crippen LogP contribution in [0.25, 0.3) is 0 Å². The Labute approximate surface area is 143 Å². The van der Waals surface area contributed by atoms with E-state index in [1.807, 2.05) is 0 Å². The fraction of sp³-hybridized carbons (Fsp3) is 0.929. The van der Waals surface area contributed by atoms with Crippen molar-refractivity contribution in [1.82, 2.24) is 0 Å². The van der Waals surface area contributed by atoms with E-state index in [-0.39, 0.29) is 0 Å². The molecule has 0 aromatic rings. The highest BCUT2D eigenvalue weighted by Crippen LogP contribution is 2.29. The van der Waals surface area contributed by atoms with E-state index in [2.05, 4.69) is 0 Å². The van der Waals surface area contributed by atoms with E-state index in [0.717, 1.165) is 6.92 Å². The summed E-state index contributed by atoms with van der Waals surface area (Å²) in [4.78, 5) is 11.2. The highest BCUT2D eigenvalue weighted by Gasteiger charge is 2.51. The number of aliphatic hydroxyl groups excluding tert-OH is 6. The van der Waals surface area contributed by atoms with Crippen LogP contribution < -0.4 is 0 Å². The maximum absolute atomic E-state index is 11.2. The van der Waals surface area contributed by atoms with Gasteiger partial charge in [0.1, 0.15) is 36.6 Å². The Balaban J connectivity index is 2.20. The third-order valence-corrected chi connectivity index (χ3v) is 4.22.